The van der Waals surface area contributed by atoms with Gasteiger partial charge in [0.05, 0.1) is 11.9 Å². The molecule has 0 aliphatic heterocycles. The van der Waals surface area contributed by atoms with Crippen molar-refractivity contribution >= 4 is 5.91 Å². The second-order valence-corrected chi connectivity index (χ2v) is 5.42. The standard InChI is InChI=1S/C14H18N4O2/c1-8-13(9(2)20-17-8)6-15-14(19)12-4-11(12)10-5-16-18(3)7-10/h5,7,11-12H,4,6H2,1-3H3,(H,15,19)/t11-,12+/m1/s1. The fraction of sp³-hybridized carbons (Fsp3) is 0.500. The zero-order chi connectivity index (χ0) is 14.3. The molecule has 0 bridgehead atoms. The Labute approximate surface area is 117 Å². The number of carbonyl (C=O) groups is 1. The molecule has 2 heterocycles. The third-order valence-corrected chi connectivity index (χ3v) is 3.90. The molecule has 6 heteroatoms. The van der Waals surface area contributed by atoms with Gasteiger partial charge in [0.2, 0.25) is 5.91 Å². The third kappa shape index (κ3) is 2.33. The van der Waals surface area contributed by atoms with E-state index in [-0.39, 0.29) is 11.8 Å². The van der Waals surface area contributed by atoms with Gasteiger partial charge >= 0.3 is 0 Å². The van der Waals surface area contributed by atoms with E-state index in [9.17, 15) is 4.79 Å². The molecule has 2 aromatic rings. The van der Waals surface area contributed by atoms with Crippen LogP contribution >= 0.6 is 0 Å². The highest BCUT2D eigenvalue weighted by atomic mass is 16.5. The van der Waals surface area contributed by atoms with Crippen LogP contribution in [-0.4, -0.2) is 20.8 Å². The van der Waals surface area contributed by atoms with Crippen molar-refractivity contribution in [1.82, 2.24) is 20.3 Å². The van der Waals surface area contributed by atoms with E-state index < -0.39 is 0 Å². The number of carbonyl (C=O) groups excluding carboxylic acids is 1. The van der Waals surface area contributed by atoms with Crippen molar-refractivity contribution in [2.24, 2.45) is 13.0 Å². The normalized spacial score (nSPS) is 20.9. The molecule has 3 rings (SSSR count). The minimum Gasteiger partial charge on any atom is -0.361 e. The lowest BCUT2D eigenvalue weighted by atomic mass is 10.2. The van der Waals surface area contributed by atoms with Crippen molar-refractivity contribution in [2.45, 2.75) is 32.7 Å². The van der Waals surface area contributed by atoms with Crippen LogP contribution in [0.5, 0.6) is 0 Å². The molecule has 0 spiro atoms. The maximum absolute atomic E-state index is 12.1. The van der Waals surface area contributed by atoms with Crippen LogP contribution in [0.4, 0.5) is 0 Å². The molecule has 1 fully saturated rings. The van der Waals surface area contributed by atoms with E-state index in [1.165, 1.54) is 0 Å². The maximum Gasteiger partial charge on any atom is 0.224 e. The van der Waals surface area contributed by atoms with Gasteiger partial charge in [-0.3, -0.25) is 9.48 Å². The number of hydrogen-bond donors (Lipinski definition) is 1. The summed E-state index contributed by atoms with van der Waals surface area (Å²) in [5.74, 6) is 1.24. The number of aryl methyl sites for hydroxylation is 3. The highest BCUT2D eigenvalue weighted by Gasteiger charge is 2.44. The van der Waals surface area contributed by atoms with Gasteiger partial charge in [-0.15, -0.1) is 0 Å². The zero-order valence-corrected chi connectivity index (χ0v) is 11.9. The number of amides is 1. The van der Waals surface area contributed by atoms with Crippen LogP contribution < -0.4 is 5.32 Å². The Morgan fingerprint density at radius 1 is 1.55 bits per heavy atom. The summed E-state index contributed by atoms with van der Waals surface area (Å²) >= 11 is 0. The summed E-state index contributed by atoms with van der Waals surface area (Å²) in [4.78, 5) is 12.1. The molecule has 1 aliphatic carbocycles. The van der Waals surface area contributed by atoms with Gasteiger partial charge in [-0.1, -0.05) is 5.16 Å². The average molecular weight is 274 g/mol. The molecule has 20 heavy (non-hydrogen) atoms. The SMILES string of the molecule is Cc1noc(C)c1CNC(=O)[C@H]1C[C@@H]1c1cnn(C)c1. The minimum atomic E-state index is 0.0691. The summed E-state index contributed by atoms with van der Waals surface area (Å²) in [6, 6.07) is 0. The predicted molar refractivity (Wildman–Crippen MR) is 71.9 cm³/mol. The van der Waals surface area contributed by atoms with Crippen LogP contribution in [0.1, 0.15) is 34.9 Å². The van der Waals surface area contributed by atoms with Gasteiger partial charge in [0.1, 0.15) is 5.76 Å². The molecule has 0 radical (unpaired) electrons. The molecule has 0 saturated heterocycles. The monoisotopic (exact) mass is 274 g/mol. The van der Waals surface area contributed by atoms with Gasteiger partial charge in [0.25, 0.3) is 0 Å². The van der Waals surface area contributed by atoms with Crippen molar-refractivity contribution in [3.8, 4) is 0 Å². The molecule has 106 valence electrons. The Morgan fingerprint density at radius 2 is 2.35 bits per heavy atom. The third-order valence-electron chi connectivity index (χ3n) is 3.90. The second kappa shape index (κ2) is 4.77. The highest BCUT2D eigenvalue weighted by Crippen LogP contribution is 2.47. The Bertz CT molecular complexity index is 624. The molecule has 1 saturated carbocycles. The van der Waals surface area contributed by atoms with E-state index in [4.69, 9.17) is 4.52 Å². The van der Waals surface area contributed by atoms with Crippen LogP contribution in [0.3, 0.4) is 0 Å². The maximum atomic E-state index is 12.1. The number of rotatable bonds is 4. The van der Waals surface area contributed by atoms with Crippen molar-refractivity contribution < 1.29 is 9.32 Å². The van der Waals surface area contributed by atoms with E-state index in [0.29, 0.717) is 12.5 Å². The molecule has 0 unspecified atom stereocenters. The highest BCUT2D eigenvalue weighted by molar-refractivity contribution is 5.82. The first-order valence-corrected chi connectivity index (χ1v) is 6.74. The fourth-order valence-electron chi connectivity index (χ4n) is 2.55. The van der Waals surface area contributed by atoms with Crippen LogP contribution in [0.15, 0.2) is 16.9 Å². The van der Waals surface area contributed by atoms with Gasteiger partial charge in [-0.25, -0.2) is 0 Å². The first kappa shape index (κ1) is 12.9. The summed E-state index contributed by atoms with van der Waals surface area (Å²) in [5.41, 5.74) is 2.95. The van der Waals surface area contributed by atoms with Gasteiger partial charge < -0.3 is 9.84 Å². The lowest BCUT2D eigenvalue weighted by molar-refractivity contribution is -0.122. The molecule has 6 nitrogen and oxygen atoms in total. The molecular weight excluding hydrogens is 256 g/mol. The number of nitrogens with one attached hydrogen (secondary N) is 1. The molecule has 0 aromatic carbocycles. The second-order valence-electron chi connectivity index (χ2n) is 5.42. The molecule has 2 aromatic heterocycles. The Balaban J connectivity index is 1.57. The number of nitrogens with zero attached hydrogens (tertiary/aromatic N) is 3. The number of hydrogen-bond acceptors (Lipinski definition) is 4. The average Bonchev–Trinajstić information content (AvgIpc) is 3.01. The van der Waals surface area contributed by atoms with Crippen molar-refractivity contribution in [1.29, 1.82) is 0 Å². The van der Waals surface area contributed by atoms with Gasteiger partial charge in [0, 0.05) is 31.3 Å². The quantitative estimate of drug-likeness (QED) is 0.915. The first-order chi connectivity index (χ1) is 9.56. The summed E-state index contributed by atoms with van der Waals surface area (Å²) < 4.78 is 6.85. The van der Waals surface area contributed by atoms with Gasteiger partial charge in [-0.2, -0.15) is 5.10 Å². The van der Waals surface area contributed by atoms with Crippen molar-refractivity contribution in [3.05, 3.63) is 35.0 Å². The molecule has 2 atom stereocenters. The van der Waals surface area contributed by atoms with E-state index in [1.807, 2.05) is 33.3 Å². The van der Waals surface area contributed by atoms with E-state index in [2.05, 4.69) is 15.6 Å². The summed E-state index contributed by atoms with van der Waals surface area (Å²) in [5, 5.41) is 11.0. The van der Waals surface area contributed by atoms with Crippen LogP contribution in [0, 0.1) is 19.8 Å². The molecule has 1 aliphatic rings. The van der Waals surface area contributed by atoms with Crippen molar-refractivity contribution in [2.75, 3.05) is 0 Å². The summed E-state index contributed by atoms with van der Waals surface area (Å²) in [6.45, 7) is 4.22. The Morgan fingerprint density at radius 3 is 2.95 bits per heavy atom. The van der Waals surface area contributed by atoms with E-state index >= 15 is 0 Å². The van der Waals surface area contributed by atoms with Gasteiger partial charge in [0.15, 0.2) is 0 Å². The summed E-state index contributed by atoms with van der Waals surface area (Å²) in [6.07, 6.45) is 4.72. The molecule has 1 amide bonds. The Kier molecular flexibility index (Phi) is 3.08. The predicted octanol–water partition coefficient (Wildman–Crippen LogP) is 1.44. The molecule has 1 N–H and O–H groups in total. The topological polar surface area (TPSA) is 73.0 Å². The fourth-order valence-corrected chi connectivity index (χ4v) is 2.55. The minimum absolute atomic E-state index is 0.0691. The van der Waals surface area contributed by atoms with E-state index in [1.54, 1.807) is 4.68 Å². The van der Waals surface area contributed by atoms with Crippen LogP contribution in [-0.2, 0) is 18.4 Å². The lowest BCUT2D eigenvalue weighted by Gasteiger charge is -2.04. The van der Waals surface area contributed by atoms with Crippen LogP contribution in [0.25, 0.3) is 0 Å². The Hall–Kier alpha value is -2.11. The van der Waals surface area contributed by atoms with E-state index in [0.717, 1.165) is 29.0 Å². The lowest BCUT2D eigenvalue weighted by Crippen LogP contribution is -2.25. The van der Waals surface area contributed by atoms with Crippen molar-refractivity contribution in [3.63, 3.8) is 0 Å². The number of aromatic nitrogens is 3. The van der Waals surface area contributed by atoms with Gasteiger partial charge in [-0.05, 0) is 31.7 Å². The molecular formula is C14H18N4O2. The first-order valence-electron chi connectivity index (χ1n) is 6.74. The summed E-state index contributed by atoms with van der Waals surface area (Å²) in [7, 11) is 1.89. The smallest absolute Gasteiger partial charge is 0.224 e. The zero-order valence-electron chi connectivity index (χ0n) is 11.9. The van der Waals surface area contributed by atoms with Crippen LogP contribution in [0.2, 0.25) is 0 Å². The largest absolute Gasteiger partial charge is 0.361 e.